The minimum absolute atomic E-state index is 0.0276. The molecule has 1 saturated heterocycles. The number of methoxy groups -OCH3 is 1. The van der Waals surface area contributed by atoms with Gasteiger partial charge in [0.2, 0.25) is 0 Å². The van der Waals surface area contributed by atoms with E-state index in [1.54, 1.807) is 18.3 Å². The van der Waals surface area contributed by atoms with Gasteiger partial charge in [0, 0.05) is 43.1 Å². The Hall–Kier alpha value is -4.44. The Morgan fingerprint density at radius 1 is 1.08 bits per heavy atom. The molecule has 1 aliphatic heterocycles. The van der Waals surface area contributed by atoms with Crippen molar-refractivity contribution in [2.45, 2.75) is 25.9 Å². The number of anilines is 2. The van der Waals surface area contributed by atoms with Gasteiger partial charge in [-0.1, -0.05) is 6.07 Å². The molecule has 5 rings (SSSR count). The van der Waals surface area contributed by atoms with Crippen LogP contribution in [0.4, 0.5) is 17.1 Å². The summed E-state index contributed by atoms with van der Waals surface area (Å²) in [7, 11) is 5.50. The van der Waals surface area contributed by atoms with E-state index >= 15 is 0 Å². The average Bonchev–Trinajstić information content (AvgIpc) is 3.43. The maximum atomic E-state index is 12.0. The highest BCUT2D eigenvalue weighted by Gasteiger charge is 2.42. The number of benzene rings is 2. The summed E-state index contributed by atoms with van der Waals surface area (Å²) >= 11 is 5.89. The molecule has 0 saturated carbocycles. The van der Waals surface area contributed by atoms with Gasteiger partial charge in [0.15, 0.2) is 5.11 Å². The maximum Gasteiger partial charge on any atom is 0.296 e. The van der Waals surface area contributed by atoms with Crippen LogP contribution in [0.5, 0.6) is 5.75 Å². The Morgan fingerprint density at radius 3 is 2.44 bits per heavy atom. The van der Waals surface area contributed by atoms with Crippen LogP contribution in [0, 0.1) is 24.0 Å². The standard InChI is InChI=1S/C29H30N6O3S/c1-18-16-23(19(2)33(18)25-14-13-22(38-5)17-26(25)35(36)37)28-27(24-8-6-7-15-30-24)31-29(39)34(28)21-11-9-20(10-12-21)32(3)4/h6-17,27-28H,1-5H3,(H,31,39)/t27-,28+/m1/s1. The summed E-state index contributed by atoms with van der Waals surface area (Å²) in [6.07, 6.45) is 1.77. The van der Waals surface area contributed by atoms with Gasteiger partial charge < -0.3 is 24.4 Å². The van der Waals surface area contributed by atoms with Gasteiger partial charge in [0.05, 0.1) is 35.9 Å². The Morgan fingerprint density at radius 2 is 1.82 bits per heavy atom. The predicted molar refractivity (Wildman–Crippen MR) is 157 cm³/mol. The molecule has 39 heavy (non-hydrogen) atoms. The minimum Gasteiger partial charge on any atom is -0.496 e. The molecule has 0 bridgehead atoms. The van der Waals surface area contributed by atoms with Crippen LogP contribution in [-0.4, -0.2) is 40.8 Å². The fraction of sp³-hybridized carbons (Fsp3) is 0.241. The monoisotopic (exact) mass is 542 g/mol. The number of pyridine rings is 1. The van der Waals surface area contributed by atoms with Gasteiger partial charge in [-0.25, -0.2) is 0 Å². The van der Waals surface area contributed by atoms with Crippen LogP contribution in [-0.2, 0) is 0 Å². The van der Waals surface area contributed by atoms with E-state index in [1.807, 2.05) is 55.6 Å². The Balaban J connectivity index is 1.68. The van der Waals surface area contributed by atoms with Crippen LogP contribution in [0.2, 0.25) is 0 Å². The number of nitro benzene ring substituents is 1. The third-order valence-electron chi connectivity index (χ3n) is 7.15. The lowest BCUT2D eigenvalue weighted by Gasteiger charge is -2.28. The fourth-order valence-electron chi connectivity index (χ4n) is 5.28. The van der Waals surface area contributed by atoms with E-state index < -0.39 is 0 Å². The molecule has 1 N–H and O–H groups in total. The minimum atomic E-state index is -0.377. The van der Waals surface area contributed by atoms with E-state index in [0.29, 0.717) is 16.5 Å². The highest BCUT2D eigenvalue weighted by Crippen LogP contribution is 2.44. The number of nitrogens with one attached hydrogen (secondary N) is 1. The van der Waals surface area contributed by atoms with Gasteiger partial charge >= 0.3 is 0 Å². The van der Waals surface area contributed by atoms with Crippen LogP contribution >= 0.6 is 12.2 Å². The molecule has 1 fully saturated rings. The molecule has 4 aromatic rings. The van der Waals surface area contributed by atoms with Crippen LogP contribution in [0.3, 0.4) is 0 Å². The fourth-order valence-corrected chi connectivity index (χ4v) is 5.63. The molecule has 2 aromatic heterocycles. The zero-order chi connectivity index (χ0) is 27.8. The molecule has 0 amide bonds. The first-order chi connectivity index (χ1) is 18.7. The number of thiocarbonyl (C=S) groups is 1. The first-order valence-electron chi connectivity index (χ1n) is 12.5. The molecule has 9 nitrogen and oxygen atoms in total. The maximum absolute atomic E-state index is 12.0. The zero-order valence-electron chi connectivity index (χ0n) is 22.5. The first-order valence-corrected chi connectivity index (χ1v) is 12.9. The van der Waals surface area contributed by atoms with Crippen molar-refractivity contribution in [1.29, 1.82) is 0 Å². The number of aryl methyl sites for hydroxylation is 1. The molecule has 0 unspecified atom stereocenters. The molecule has 0 aliphatic carbocycles. The second kappa shape index (κ2) is 10.4. The third kappa shape index (κ3) is 4.67. The Bertz CT molecular complexity index is 1530. The summed E-state index contributed by atoms with van der Waals surface area (Å²) in [5.41, 5.74) is 6.09. The van der Waals surface area contributed by atoms with Crippen molar-refractivity contribution in [3.63, 3.8) is 0 Å². The van der Waals surface area contributed by atoms with Crippen LogP contribution in [0.25, 0.3) is 5.69 Å². The highest BCUT2D eigenvalue weighted by molar-refractivity contribution is 7.80. The number of ether oxygens (including phenoxy) is 1. The van der Waals surface area contributed by atoms with Gasteiger partial charge in [-0.05, 0) is 86.2 Å². The average molecular weight is 543 g/mol. The van der Waals surface area contributed by atoms with Crippen molar-refractivity contribution in [1.82, 2.24) is 14.9 Å². The number of hydrogen-bond acceptors (Lipinski definition) is 6. The lowest BCUT2D eigenvalue weighted by Crippen LogP contribution is -2.29. The number of hydrogen-bond donors (Lipinski definition) is 1. The Labute approximate surface area is 232 Å². The van der Waals surface area contributed by atoms with Crippen molar-refractivity contribution in [3.8, 4) is 11.4 Å². The second-order valence-corrected chi connectivity index (χ2v) is 10.1. The lowest BCUT2D eigenvalue weighted by atomic mass is 9.96. The van der Waals surface area contributed by atoms with Crippen LogP contribution in [0.15, 0.2) is 72.9 Å². The molecule has 200 valence electrons. The number of nitro groups is 1. The van der Waals surface area contributed by atoms with E-state index in [1.165, 1.54) is 13.2 Å². The zero-order valence-corrected chi connectivity index (χ0v) is 23.3. The smallest absolute Gasteiger partial charge is 0.296 e. The van der Waals surface area contributed by atoms with Crippen molar-refractivity contribution in [2.75, 3.05) is 31.0 Å². The predicted octanol–water partition coefficient (Wildman–Crippen LogP) is 5.65. The molecule has 2 aromatic carbocycles. The topological polar surface area (TPSA) is 88.7 Å². The lowest BCUT2D eigenvalue weighted by molar-refractivity contribution is -0.384. The molecular weight excluding hydrogens is 512 g/mol. The van der Waals surface area contributed by atoms with Gasteiger partial charge in [-0.2, -0.15) is 0 Å². The molecule has 0 spiro atoms. The number of nitrogens with zero attached hydrogens (tertiary/aromatic N) is 5. The largest absolute Gasteiger partial charge is 0.496 e. The number of rotatable bonds is 7. The number of aromatic nitrogens is 2. The quantitative estimate of drug-likeness (QED) is 0.182. The van der Waals surface area contributed by atoms with E-state index in [9.17, 15) is 10.1 Å². The van der Waals surface area contributed by atoms with E-state index in [2.05, 4.69) is 45.5 Å². The second-order valence-electron chi connectivity index (χ2n) is 9.68. The molecule has 2 atom stereocenters. The van der Waals surface area contributed by atoms with Crippen LogP contribution < -0.4 is 19.9 Å². The van der Waals surface area contributed by atoms with Gasteiger partial charge in [-0.15, -0.1) is 0 Å². The van der Waals surface area contributed by atoms with Crippen molar-refractivity contribution >= 4 is 34.4 Å². The summed E-state index contributed by atoms with van der Waals surface area (Å²) < 4.78 is 7.18. The summed E-state index contributed by atoms with van der Waals surface area (Å²) in [6.45, 7) is 3.94. The Kier molecular flexibility index (Phi) is 6.96. The van der Waals surface area contributed by atoms with E-state index in [-0.39, 0.29) is 22.7 Å². The van der Waals surface area contributed by atoms with E-state index in [0.717, 1.165) is 34.0 Å². The van der Waals surface area contributed by atoms with Crippen molar-refractivity contribution < 1.29 is 9.66 Å². The molecule has 0 radical (unpaired) electrons. The van der Waals surface area contributed by atoms with E-state index in [4.69, 9.17) is 17.0 Å². The SMILES string of the molecule is COc1ccc(-n2c(C)cc([C@H]3[C@@H](c4ccccn4)NC(=S)N3c3ccc(N(C)C)cc3)c2C)c([N+](=O)[O-])c1. The normalized spacial score (nSPS) is 16.7. The summed E-state index contributed by atoms with van der Waals surface area (Å²) in [5, 5.41) is 16.1. The molecular formula is C29H30N6O3S. The highest BCUT2D eigenvalue weighted by atomic mass is 32.1. The summed E-state index contributed by atoms with van der Waals surface area (Å²) in [4.78, 5) is 20.5. The van der Waals surface area contributed by atoms with Crippen molar-refractivity contribution in [2.24, 2.45) is 0 Å². The third-order valence-corrected chi connectivity index (χ3v) is 7.47. The van der Waals surface area contributed by atoms with Gasteiger partial charge in [-0.3, -0.25) is 15.1 Å². The van der Waals surface area contributed by atoms with Gasteiger partial charge in [0.1, 0.15) is 11.4 Å². The molecule has 10 heteroatoms. The summed E-state index contributed by atoms with van der Waals surface area (Å²) in [5.74, 6) is 0.432. The first kappa shape index (κ1) is 26.2. The van der Waals surface area contributed by atoms with Gasteiger partial charge in [0.25, 0.3) is 5.69 Å². The van der Waals surface area contributed by atoms with Crippen LogP contribution in [0.1, 0.15) is 34.7 Å². The molecule has 3 heterocycles. The summed E-state index contributed by atoms with van der Waals surface area (Å²) in [6, 6.07) is 20.6. The molecule has 1 aliphatic rings. The van der Waals surface area contributed by atoms with Crippen molar-refractivity contribution in [3.05, 3.63) is 106 Å².